The number of nitrogens with zero attached hydrogens (tertiary/aromatic N) is 2. The van der Waals surface area contributed by atoms with E-state index in [0.29, 0.717) is 0 Å². The van der Waals surface area contributed by atoms with E-state index in [2.05, 4.69) is 33.4 Å². The van der Waals surface area contributed by atoms with Crippen LogP contribution in [0.25, 0.3) is 0 Å². The van der Waals surface area contributed by atoms with Gasteiger partial charge in [-0.15, -0.1) is 0 Å². The second kappa shape index (κ2) is 6.74. The van der Waals surface area contributed by atoms with Crippen molar-refractivity contribution in [2.75, 3.05) is 39.4 Å². The van der Waals surface area contributed by atoms with Crippen LogP contribution in [0.5, 0.6) is 0 Å². The lowest BCUT2D eigenvalue weighted by atomic mass is 10.3. The smallest absolute Gasteiger partial charge is 0.0622 e. The third kappa shape index (κ3) is 4.11. The second-order valence-corrected chi connectivity index (χ2v) is 4.37. The lowest BCUT2D eigenvalue weighted by Crippen LogP contribution is -2.40. The molecule has 0 amide bonds. The lowest BCUT2D eigenvalue weighted by Gasteiger charge is -2.26. The number of aryl methyl sites for hydroxylation is 1. The van der Waals surface area contributed by atoms with E-state index >= 15 is 0 Å². The zero-order chi connectivity index (χ0) is 11.9. The second-order valence-electron chi connectivity index (χ2n) is 4.37. The Morgan fingerprint density at radius 2 is 2.29 bits per heavy atom. The number of morpholine rings is 1. The minimum Gasteiger partial charge on any atom is -0.379 e. The molecule has 0 radical (unpaired) electrons. The quantitative estimate of drug-likeness (QED) is 0.704. The summed E-state index contributed by atoms with van der Waals surface area (Å²) in [5, 5.41) is 10.7. The molecule has 17 heavy (non-hydrogen) atoms. The summed E-state index contributed by atoms with van der Waals surface area (Å²) < 4.78 is 5.32. The van der Waals surface area contributed by atoms with E-state index < -0.39 is 0 Å². The molecule has 0 atom stereocenters. The molecule has 0 spiro atoms. The van der Waals surface area contributed by atoms with Gasteiger partial charge >= 0.3 is 0 Å². The first-order valence-corrected chi connectivity index (χ1v) is 6.42. The van der Waals surface area contributed by atoms with Crippen molar-refractivity contribution in [3.63, 3.8) is 0 Å². The highest BCUT2D eigenvalue weighted by atomic mass is 16.5. The average molecular weight is 238 g/mol. The zero-order valence-corrected chi connectivity index (χ0v) is 10.5. The summed E-state index contributed by atoms with van der Waals surface area (Å²) >= 11 is 0. The Hall–Kier alpha value is -0.910. The van der Waals surface area contributed by atoms with Crippen molar-refractivity contribution in [2.24, 2.45) is 0 Å². The van der Waals surface area contributed by atoms with Crippen LogP contribution in [0.1, 0.15) is 18.3 Å². The Morgan fingerprint density at radius 1 is 1.47 bits per heavy atom. The van der Waals surface area contributed by atoms with E-state index in [4.69, 9.17) is 4.74 Å². The van der Waals surface area contributed by atoms with Gasteiger partial charge in [0.2, 0.25) is 0 Å². The highest BCUT2D eigenvalue weighted by Gasteiger charge is 2.08. The maximum atomic E-state index is 5.32. The van der Waals surface area contributed by atoms with Crippen LogP contribution in [0.2, 0.25) is 0 Å². The van der Waals surface area contributed by atoms with Gasteiger partial charge in [0.15, 0.2) is 0 Å². The van der Waals surface area contributed by atoms with Gasteiger partial charge in [0.1, 0.15) is 0 Å². The highest BCUT2D eigenvalue weighted by Crippen LogP contribution is 1.99. The third-order valence-corrected chi connectivity index (χ3v) is 3.07. The van der Waals surface area contributed by atoms with Crippen LogP contribution in [0.3, 0.4) is 0 Å². The number of aromatic nitrogens is 2. The number of aromatic amines is 1. The fourth-order valence-corrected chi connectivity index (χ4v) is 1.97. The molecule has 2 rings (SSSR count). The number of hydrogen-bond acceptors (Lipinski definition) is 4. The Labute approximate surface area is 103 Å². The van der Waals surface area contributed by atoms with Gasteiger partial charge in [-0.2, -0.15) is 5.10 Å². The summed E-state index contributed by atoms with van der Waals surface area (Å²) in [5.74, 6) is 0. The standard InChI is InChI=1S/C12H22N4O/c1-2-11-9-12(15-14-11)10-13-3-4-16-5-7-17-8-6-16/h9,13H,2-8,10H2,1H3,(H,14,15). The molecule has 0 unspecified atom stereocenters. The topological polar surface area (TPSA) is 53.2 Å². The largest absolute Gasteiger partial charge is 0.379 e. The molecular weight excluding hydrogens is 216 g/mol. The van der Waals surface area contributed by atoms with Gasteiger partial charge in [0.25, 0.3) is 0 Å². The molecule has 5 heteroatoms. The molecule has 0 bridgehead atoms. The molecule has 2 N–H and O–H groups in total. The summed E-state index contributed by atoms with van der Waals surface area (Å²) in [6, 6.07) is 2.13. The zero-order valence-electron chi connectivity index (χ0n) is 10.5. The van der Waals surface area contributed by atoms with E-state index in [1.807, 2.05) is 0 Å². The fraction of sp³-hybridized carbons (Fsp3) is 0.750. The minimum absolute atomic E-state index is 0.872. The first-order valence-electron chi connectivity index (χ1n) is 6.42. The Bertz CT molecular complexity index is 320. The van der Waals surface area contributed by atoms with Crippen LogP contribution in [-0.4, -0.2) is 54.5 Å². The van der Waals surface area contributed by atoms with Gasteiger partial charge in [0.05, 0.1) is 18.9 Å². The van der Waals surface area contributed by atoms with Crippen LogP contribution in [0, 0.1) is 0 Å². The molecule has 1 saturated heterocycles. The Kier molecular flexibility index (Phi) is 4.97. The number of ether oxygens (including phenoxy) is 1. The molecule has 2 heterocycles. The van der Waals surface area contributed by atoms with E-state index in [0.717, 1.165) is 58.1 Å². The van der Waals surface area contributed by atoms with Crippen LogP contribution in [-0.2, 0) is 17.7 Å². The predicted molar refractivity (Wildman–Crippen MR) is 66.9 cm³/mol. The molecule has 5 nitrogen and oxygen atoms in total. The fourth-order valence-electron chi connectivity index (χ4n) is 1.97. The summed E-state index contributed by atoms with van der Waals surface area (Å²) in [5.41, 5.74) is 2.30. The van der Waals surface area contributed by atoms with E-state index in [1.54, 1.807) is 0 Å². The molecule has 1 aromatic heterocycles. The van der Waals surface area contributed by atoms with Crippen LogP contribution >= 0.6 is 0 Å². The normalized spacial score (nSPS) is 17.5. The first kappa shape index (κ1) is 12.5. The molecular formula is C12H22N4O. The van der Waals surface area contributed by atoms with Crippen LogP contribution in [0.15, 0.2) is 6.07 Å². The number of nitrogens with one attached hydrogen (secondary N) is 2. The van der Waals surface area contributed by atoms with Crippen molar-refractivity contribution in [2.45, 2.75) is 19.9 Å². The highest BCUT2D eigenvalue weighted by molar-refractivity contribution is 5.07. The minimum atomic E-state index is 0.872. The van der Waals surface area contributed by atoms with Gasteiger partial charge in [-0.3, -0.25) is 10.00 Å². The molecule has 0 saturated carbocycles. The van der Waals surface area contributed by atoms with Crippen molar-refractivity contribution < 1.29 is 4.74 Å². The third-order valence-electron chi connectivity index (χ3n) is 3.07. The van der Waals surface area contributed by atoms with Crippen molar-refractivity contribution in [3.05, 3.63) is 17.5 Å². The number of H-pyrrole nitrogens is 1. The summed E-state index contributed by atoms with van der Waals surface area (Å²) in [6.45, 7) is 8.97. The van der Waals surface area contributed by atoms with Crippen molar-refractivity contribution in [1.29, 1.82) is 0 Å². The lowest BCUT2D eigenvalue weighted by molar-refractivity contribution is 0.0384. The molecule has 0 aliphatic carbocycles. The van der Waals surface area contributed by atoms with E-state index in [-0.39, 0.29) is 0 Å². The molecule has 1 fully saturated rings. The van der Waals surface area contributed by atoms with Crippen LogP contribution < -0.4 is 5.32 Å². The maximum absolute atomic E-state index is 5.32. The SMILES string of the molecule is CCc1cc(CNCCN2CCOCC2)[nH]n1. The predicted octanol–water partition coefficient (Wildman–Crippen LogP) is 0.394. The van der Waals surface area contributed by atoms with E-state index in [1.165, 1.54) is 5.69 Å². The van der Waals surface area contributed by atoms with Crippen molar-refractivity contribution in [1.82, 2.24) is 20.4 Å². The molecule has 1 aromatic rings. The summed E-state index contributed by atoms with van der Waals surface area (Å²) in [6.07, 6.45) is 0.990. The number of hydrogen-bond donors (Lipinski definition) is 2. The Balaban J connectivity index is 1.59. The summed E-state index contributed by atoms with van der Waals surface area (Å²) in [4.78, 5) is 2.43. The molecule has 1 aliphatic heterocycles. The monoisotopic (exact) mass is 238 g/mol. The van der Waals surface area contributed by atoms with Gasteiger partial charge in [0, 0.05) is 38.4 Å². The van der Waals surface area contributed by atoms with Crippen molar-refractivity contribution >= 4 is 0 Å². The van der Waals surface area contributed by atoms with Gasteiger partial charge in [-0.05, 0) is 12.5 Å². The average Bonchev–Trinajstić information content (AvgIpc) is 2.84. The molecule has 1 aliphatic rings. The van der Waals surface area contributed by atoms with Crippen LogP contribution in [0.4, 0.5) is 0 Å². The summed E-state index contributed by atoms with van der Waals surface area (Å²) in [7, 11) is 0. The molecule has 96 valence electrons. The van der Waals surface area contributed by atoms with Crippen molar-refractivity contribution in [3.8, 4) is 0 Å². The maximum Gasteiger partial charge on any atom is 0.0622 e. The van der Waals surface area contributed by atoms with Gasteiger partial charge in [-0.25, -0.2) is 0 Å². The molecule has 0 aromatic carbocycles. The first-order chi connectivity index (χ1) is 8.38. The number of rotatable bonds is 6. The van der Waals surface area contributed by atoms with Gasteiger partial charge in [-0.1, -0.05) is 6.92 Å². The van der Waals surface area contributed by atoms with Gasteiger partial charge < -0.3 is 10.1 Å². The van der Waals surface area contributed by atoms with E-state index in [9.17, 15) is 0 Å². The Morgan fingerprint density at radius 3 is 3.00 bits per heavy atom.